The van der Waals surface area contributed by atoms with E-state index >= 15 is 0 Å². The summed E-state index contributed by atoms with van der Waals surface area (Å²) in [5, 5.41) is 2.61. The highest BCUT2D eigenvalue weighted by Gasteiger charge is 2.49. The Hall–Kier alpha value is -1.63. The van der Waals surface area contributed by atoms with Gasteiger partial charge in [-0.25, -0.2) is 0 Å². The van der Waals surface area contributed by atoms with Gasteiger partial charge < -0.3 is 19.9 Å². The Morgan fingerprint density at radius 2 is 1.92 bits per heavy atom. The number of ether oxygens (including phenoxy) is 1. The zero-order chi connectivity index (χ0) is 17.3. The third kappa shape index (κ3) is 2.90. The first-order valence-corrected chi connectivity index (χ1v) is 8.80. The van der Waals surface area contributed by atoms with E-state index in [4.69, 9.17) is 4.74 Å². The number of likely N-dealkylation sites (tertiary alicyclic amines) is 2. The predicted octanol–water partition coefficient (Wildman–Crippen LogP) is -0.00150. The van der Waals surface area contributed by atoms with Gasteiger partial charge in [-0.15, -0.1) is 0 Å². The van der Waals surface area contributed by atoms with Gasteiger partial charge in [0.15, 0.2) is 0 Å². The van der Waals surface area contributed by atoms with Crippen LogP contribution >= 0.6 is 0 Å². The second-order valence-electron chi connectivity index (χ2n) is 7.35. The van der Waals surface area contributed by atoms with Gasteiger partial charge in [-0.3, -0.25) is 14.4 Å². The molecule has 1 atom stereocenters. The molecule has 3 amide bonds. The van der Waals surface area contributed by atoms with Crippen LogP contribution in [0.2, 0.25) is 0 Å². The highest BCUT2D eigenvalue weighted by molar-refractivity contribution is 5.90. The smallest absolute Gasteiger partial charge is 0.231 e. The summed E-state index contributed by atoms with van der Waals surface area (Å²) in [5.74, 6) is -0.147. The molecule has 0 aromatic heterocycles. The summed E-state index contributed by atoms with van der Waals surface area (Å²) in [6.45, 7) is 2.11. The minimum Gasteiger partial charge on any atom is -0.384 e. The van der Waals surface area contributed by atoms with Gasteiger partial charge in [-0.2, -0.15) is 0 Å². The molecule has 3 rings (SSSR count). The van der Waals surface area contributed by atoms with Crippen molar-refractivity contribution in [3.63, 3.8) is 0 Å². The first kappa shape index (κ1) is 17.2. The van der Waals surface area contributed by atoms with E-state index < -0.39 is 0 Å². The molecule has 1 saturated carbocycles. The number of hydrogen-bond acceptors (Lipinski definition) is 4. The molecule has 24 heavy (non-hydrogen) atoms. The van der Waals surface area contributed by atoms with Crippen molar-refractivity contribution < 1.29 is 19.1 Å². The molecule has 1 aliphatic carbocycles. The van der Waals surface area contributed by atoms with Crippen LogP contribution < -0.4 is 5.32 Å². The highest BCUT2D eigenvalue weighted by Crippen LogP contribution is 2.41. The fraction of sp³-hybridized carbons (Fsp3) is 0.824. The highest BCUT2D eigenvalue weighted by atomic mass is 16.5. The summed E-state index contributed by atoms with van der Waals surface area (Å²) in [6.07, 6.45) is 4.21. The summed E-state index contributed by atoms with van der Waals surface area (Å²) in [6, 6.07) is 0.0529. The molecular weight excluding hydrogens is 310 g/mol. The molecule has 1 unspecified atom stereocenters. The molecule has 3 aliphatic rings. The zero-order valence-corrected chi connectivity index (χ0v) is 14.5. The summed E-state index contributed by atoms with van der Waals surface area (Å²) < 4.78 is 5.31. The molecule has 1 N–H and O–H groups in total. The molecular formula is C17H27N3O4. The fourth-order valence-corrected chi connectivity index (χ4v) is 4.37. The first-order chi connectivity index (χ1) is 11.5. The van der Waals surface area contributed by atoms with Crippen molar-refractivity contribution in [2.45, 2.75) is 38.1 Å². The van der Waals surface area contributed by atoms with Crippen molar-refractivity contribution in [2.24, 2.45) is 11.3 Å². The van der Waals surface area contributed by atoms with E-state index in [1.54, 1.807) is 19.1 Å². The van der Waals surface area contributed by atoms with E-state index in [0.29, 0.717) is 26.2 Å². The summed E-state index contributed by atoms with van der Waals surface area (Å²) in [7, 11) is 3.24. The molecule has 0 spiro atoms. The lowest BCUT2D eigenvalue weighted by molar-refractivity contribution is -0.155. The normalized spacial score (nSPS) is 26.6. The number of amides is 3. The lowest BCUT2D eigenvalue weighted by Gasteiger charge is -2.47. The molecule has 0 aromatic carbocycles. The van der Waals surface area contributed by atoms with Crippen LogP contribution in [0.1, 0.15) is 32.1 Å². The van der Waals surface area contributed by atoms with Crippen molar-refractivity contribution in [1.82, 2.24) is 15.1 Å². The Morgan fingerprint density at radius 3 is 2.50 bits per heavy atom. The standard InChI is InChI=1S/C17H27N3O4/c1-18-15(22)12-7-14(21)20(8-12)13-9-19(10-13)16(23)17(11-24-2)5-3-4-6-17/h12-13H,3-11H2,1-2H3,(H,18,22). The Kier molecular flexibility index (Phi) is 4.80. The van der Waals surface area contributed by atoms with Crippen LogP contribution in [0.4, 0.5) is 0 Å². The van der Waals surface area contributed by atoms with Gasteiger partial charge in [0.1, 0.15) is 0 Å². The Bertz CT molecular complexity index is 524. The quantitative estimate of drug-likeness (QED) is 0.766. The number of methoxy groups -OCH3 is 1. The van der Waals surface area contributed by atoms with Crippen LogP contribution in [0.25, 0.3) is 0 Å². The van der Waals surface area contributed by atoms with Gasteiger partial charge in [0.2, 0.25) is 17.7 Å². The third-order valence-corrected chi connectivity index (χ3v) is 5.80. The van der Waals surface area contributed by atoms with E-state index in [1.165, 1.54) is 0 Å². The molecule has 0 aromatic rings. The number of hydrogen-bond donors (Lipinski definition) is 1. The van der Waals surface area contributed by atoms with E-state index in [9.17, 15) is 14.4 Å². The number of carbonyl (C=O) groups is 3. The zero-order valence-electron chi connectivity index (χ0n) is 14.5. The van der Waals surface area contributed by atoms with E-state index in [1.807, 2.05) is 4.90 Å². The predicted molar refractivity (Wildman–Crippen MR) is 87.0 cm³/mol. The monoisotopic (exact) mass is 337 g/mol. The van der Waals surface area contributed by atoms with Crippen LogP contribution in [0.5, 0.6) is 0 Å². The largest absolute Gasteiger partial charge is 0.384 e. The molecule has 0 radical (unpaired) electrons. The van der Waals surface area contributed by atoms with Crippen molar-refractivity contribution in [1.29, 1.82) is 0 Å². The van der Waals surface area contributed by atoms with Crippen LogP contribution in [0, 0.1) is 11.3 Å². The number of nitrogens with zero attached hydrogens (tertiary/aromatic N) is 2. The fourth-order valence-electron chi connectivity index (χ4n) is 4.37. The number of nitrogens with one attached hydrogen (secondary N) is 1. The molecule has 2 aliphatic heterocycles. The topological polar surface area (TPSA) is 79.0 Å². The molecule has 0 bridgehead atoms. The SMILES string of the molecule is CNC(=O)C1CC(=O)N(C2CN(C(=O)C3(COC)CCCC3)C2)C1. The lowest BCUT2D eigenvalue weighted by Crippen LogP contribution is -2.64. The van der Waals surface area contributed by atoms with Crippen LogP contribution in [-0.2, 0) is 19.1 Å². The van der Waals surface area contributed by atoms with Gasteiger partial charge in [0, 0.05) is 40.2 Å². The lowest BCUT2D eigenvalue weighted by atomic mass is 9.84. The Balaban J connectivity index is 1.56. The summed E-state index contributed by atoms with van der Waals surface area (Å²) >= 11 is 0. The Labute approximate surface area is 142 Å². The molecule has 7 heteroatoms. The average molecular weight is 337 g/mol. The maximum Gasteiger partial charge on any atom is 0.231 e. The summed E-state index contributed by atoms with van der Waals surface area (Å²) in [5.41, 5.74) is -0.362. The van der Waals surface area contributed by atoms with Gasteiger partial charge in [0.05, 0.1) is 24.0 Å². The van der Waals surface area contributed by atoms with Crippen LogP contribution in [0.3, 0.4) is 0 Å². The second kappa shape index (κ2) is 6.70. The van der Waals surface area contributed by atoms with Gasteiger partial charge in [0.25, 0.3) is 0 Å². The number of rotatable bonds is 5. The van der Waals surface area contributed by atoms with Crippen LogP contribution in [-0.4, -0.2) is 74.0 Å². The van der Waals surface area contributed by atoms with E-state index in [-0.39, 0.29) is 41.5 Å². The maximum atomic E-state index is 12.9. The average Bonchev–Trinajstić information content (AvgIpc) is 3.14. The van der Waals surface area contributed by atoms with Crippen molar-refractivity contribution in [2.75, 3.05) is 40.4 Å². The molecule has 2 heterocycles. The molecule has 134 valence electrons. The molecule has 2 saturated heterocycles. The van der Waals surface area contributed by atoms with E-state index in [0.717, 1.165) is 25.7 Å². The second-order valence-corrected chi connectivity index (χ2v) is 7.35. The van der Waals surface area contributed by atoms with Crippen LogP contribution in [0.15, 0.2) is 0 Å². The van der Waals surface area contributed by atoms with E-state index in [2.05, 4.69) is 5.32 Å². The maximum absolute atomic E-state index is 12.9. The minimum atomic E-state index is -0.362. The Morgan fingerprint density at radius 1 is 1.25 bits per heavy atom. The van der Waals surface area contributed by atoms with Crippen molar-refractivity contribution >= 4 is 17.7 Å². The van der Waals surface area contributed by atoms with Gasteiger partial charge in [-0.05, 0) is 12.8 Å². The third-order valence-electron chi connectivity index (χ3n) is 5.80. The number of carbonyl (C=O) groups excluding carboxylic acids is 3. The van der Waals surface area contributed by atoms with Gasteiger partial charge in [-0.1, -0.05) is 12.8 Å². The summed E-state index contributed by atoms with van der Waals surface area (Å²) in [4.78, 5) is 40.4. The first-order valence-electron chi connectivity index (χ1n) is 8.80. The van der Waals surface area contributed by atoms with Crippen molar-refractivity contribution in [3.8, 4) is 0 Å². The molecule has 3 fully saturated rings. The van der Waals surface area contributed by atoms with Gasteiger partial charge >= 0.3 is 0 Å². The molecule has 7 nitrogen and oxygen atoms in total. The minimum absolute atomic E-state index is 0.0215. The van der Waals surface area contributed by atoms with Crippen molar-refractivity contribution in [3.05, 3.63) is 0 Å².